The summed E-state index contributed by atoms with van der Waals surface area (Å²) in [7, 11) is 1.95. The van der Waals surface area contributed by atoms with E-state index < -0.39 is 0 Å². The number of imidazole rings is 1. The highest BCUT2D eigenvalue weighted by Gasteiger charge is 2.11. The van der Waals surface area contributed by atoms with Crippen molar-refractivity contribution in [2.45, 2.75) is 26.9 Å². The number of nitrogens with zero attached hydrogens (tertiary/aromatic N) is 3. The van der Waals surface area contributed by atoms with E-state index in [0.29, 0.717) is 0 Å². The van der Waals surface area contributed by atoms with Crippen molar-refractivity contribution in [3.63, 3.8) is 0 Å². The molecule has 0 saturated carbocycles. The summed E-state index contributed by atoms with van der Waals surface area (Å²) < 4.78 is 2.27. The minimum Gasteiger partial charge on any atom is -0.326 e. The Hall–Kier alpha value is -1.10. The summed E-state index contributed by atoms with van der Waals surface area (Å²) in [6.07, 6.45) is 0. The van der Waals surface area contributed by atoms with Gasteiger partial charge in [0.2, 0.25) is 0 Å². The van der Waals surface area contributed by atoms with Crippen LogP contribution in [-0.4, -0.2) is 41.1 Å². The van der Waals surface area contributed by atoms with Gasteiger partial charge in [0.05, 0.1) is 17.6 Å². The van der Waals surface area contributed by atoms with Crippen LogP contribution < -0.4 is 5.32 Å². The van der Waals surface area contributed by atoms with Gasteiger partial charge < -0.3 is 14.8 Å². The smallest absolute Gasteiger partial charge is 0.123 e. The van der Waals surface area contributed by atoms with Gasteiger partial charge in [-0.1, -0.05) is 25.4 Å². The first-order chi connectivity index (χ1) is 9.69. The van der Waals surface area contributed by atoms with E-state index in [1.54, 1.807) is 0 Å². The average Bonchev–Trinajstić information content (AvgIpc) is 2.78. The molecule has 20 heavy (non-hydrogen) atoms. The van der Waals surface area contributed by atoms with Crippen LogP contribution >= 0.6 is 11.6 Å². The number of nitrogens with one attached hydrogen (secondary N) is 1. The van der Waals surface area contributed by atoms with Gasteiger partial charge in [0.1, 0.15) is 5.82 Å². The van der Waals surface area contributed by atoms with Gasteiger partial charge in [0, 0.05) is 18.1 Å². The maximum absolute atomic E-state index is 6.13. The summed E-state index contributed by atoms with van der Waals surface area (Å²) in [5.41, 5.74) is 2.13. The zero-order valence-electron chi connectivity index (χ0n) is 12.5. The van der Waals surface area contributed by atoms with Gasteiger partial charge in [0.25, 0.3) is 0 Å². The van der Waals surface area contributed by atoms with Crippen LogP contribution in [0.1, 0.15) is 19.7 Å². The molecule has 0 fully saturated rings. The van der Waals surface area contributed by atoms with Crippen molar-refractivity contribution in [3.05, 3.63) is 29.0 Å². The second-order valence-corrected chi connectivity index (χ2v) is 5.31. The molecule has 2 aromatic rings. The molecule has 110 valence electrons. The quantitative estimate of drug-likeness (QED) is 0.852. The molecule has 5 heteroatoms. The first-order valence-electron chi connectivity index (χ1n) is 7.21. The van der Waals surface area contributed by atoms with Crippen LogP contribution in [0, 0.1) is 0 Å². The molecule has 0 atom stereocenters. The molecule has 0 spiro atoms. The normalized spacial score (nSPS) is 11.7. The van der Waals surface area contributed by atoms with Gasteiger partial charge >= 0.3 is 0 Å². The minimum atomic E-state index is 0.762. The molecule has 0 saturated heterocycles. The van der Waals surface area contributed by atoms with Gasteiger partial charge in [-0.3, -0.25) is 0 Å². The monoisotopic (exact) mass is 294 g/mol. The van der Waals surface area contributed by atoms with Gasteiger partial charge in [-0.25, -0.2) is 4.98 Å². The molecule has 4 nitrogen and oxygen atoms in total. The topological polar surface area (TPSA) is 33.1 Å². The average molecular weight is 295 g/mol. The Morgan fingerprint density at radius 1 is 1.30 bits per heavy atom. The fraction of sp³-hybridized carbons (Fsp3) is 0.533. The van der Waals surface area contributed by atoms with E-state index in [9.17, 15) is 0 Å². The van der Waals surface area contributed by atoms with Crippen molar-refractivity contribution < 1.29 is 0 Å². The number of hydrogen-bond donors (Lipinski definition) is 1. The molecule has 0 aliphatic carbocycles. The van der Waals surface area contributed by atoms with Crippen LogP contribution in [0.4, 0.5) is 0 Å². The molecule has 1 aromatic carbocycles. The molecule has 1 N–H and O–H groups in total. The van der Waals surface area contributed by atoms with E-state index in [1.807, 2.05) is 25.2 Å². The lowest BCUT2D eigenvalue weighted by Gasteiger charge is -2.19. The Kier molecular flexibility index (Phi) is 5.40. The Morgan fingerprint density at radius 2 is 2.05 bits per heavy atom. The van der Waals surface area contributed by atoms with E-state index in [1.165, 1.54) is 0 Å². The first kappa shape index (κ1) is 15.3. The van der Waals surface area contributed by atoms with E-state index in [-0.39, 0.29) is 0 Å². The third-order valence-corrected chi connectivity index (χ3v) is 3.89. The molecule has 0 aliphatic rings. The number of rotatable bonds is 7. The van der Waals surface area contributed by atoms with E-state index in [4.69, 9.17) is 16.6 Å². The zero-order valence-corrected chi connectivity index (χ0v) is 13.2. The number of aromatic nitrogens is 2. The summed E-state index contributed by atoms with van der Waals surface area (Å²) in [4.78, 5) is 7.11. The number of fused-ring (bicyclic) bond motifs is 1. The third-order valence-electron chi connectivity index (χ3n) is 3.66. The zero-order chi connectivity index (χ0) is 14.5. The largest absolute Gasteiger partial charge is 0.326 e. The summed E-state index contributed by atoms with van der Waals surface area (Å²) in [5.74, 6) is 1.07. The molecule has 2 rings (SSSR count). The highest BCUT2D eigenvalue weighted by molar-refractivity contribution is 6.31. The van der Waals surface area contributed by atoms with E-state index in [0.717, 1.165) is 54.6 Å². The predicted molar refractivity (Wildman–Crippen MR) is 85.3 cm³/mol. The van der Waals surface area contributed by atoms with Crippen molar-refractivity contribution >= 4 is 22.6 Å². The van der Waals surface area contributed by atoms with Crippen molar-refractivity contribution in [3.8, 4) is 0 Å². The minimum absolute atomic E-state index is 0.762. The van der Waals surface area contributed by atoms with Gasteiger partial charge in [0.15, 0.2) is 0 Å². The second-order valence-electron chi connectivity index (χ2n) is 4.87. The maximum Gasteiger partial charge on any atom is 0.123 e. The second kappa shape index (κ2) is 7.07. The van der Waals surface area contributed by atoms with Crippen molar-refractivity contribution in [1.82, 2.24) is 19.8 Å². The lowest BCUT2D eigenvalue weighted by atomic mass is 10.3. The van der Waals surface area contributed by atoms with Crippen LogP contribution in [0.5, 0.6) is 0 Å². The number of hydrogen-bond acceptors (Lipinski definition) is 3. The Bertz CT molecular complexity index is 560. The highest BCUT2D eigenvalue weighted by atomic mass is 35.5. The molecule has 0 bridgehead atoms. The van der Waals surface area contributed by atoms with Crippen molar-refractivity contribution in [2.75, 3.05) is 26.7 Å². The summed E-state index contributed by atoms with van der Waals surface area (Å²) in [5, 5.41) is 3.95. The standard InChI is InChI=1S/C15H23ClN4/c1-4-19(5-2)8-9-20-14-10-12(16)6-7-13(14)18-15(20)11-17-3/h6-7,10,17H,4-5,8-9,11H2,1-3H3. The molecule has 0 radical (unpaired) electrons. The van der Waals surface area contributed by atoms with Crippen molar-refractivity contribution in [2.24, 2.45) is 0 Å². The molecule has 1 aromatic heterocycles. The third kappa shape index (κ3) is 3.32. The van der Waals surface area contributed by atoms with Crippen LogP contribution in [0.3, 0.4) is 0 Å². The van der Waals surface area contributed by atoms with E-state index >= 15 is 0 Å². The summed E-state index contributed by atoms with van der Waals surface area (Å²) >= 11 is 6.13. The van der Waals surface area contributed by atoms with E-state index in [2.05, 4.69) is 28.6 Å². The number of halogens is 1. The fourth-order valence-corrected chi connectivity index (χ4v) is 2.64. The van der Waals surface area contributed by atoms with Gasteiger partial charge in [-0.15, -0.1) is 0 Å². The molecular weight excluding hydrogens is 272 g/mol. The summed E-state index contributed by atoms with van der Waals surface area (Å²) in [6, 6.07) is 5.89. The Labute approximate surface area is 125 Å². The molecule has 0 amide bonds. The molecule has 0 unspecified atom stereocenters. The SMILES string of the molecule is CCN(CC)CCn1c(CNC)nc2ccc(Cl)cc21. The number of likely N-dealkylation sites (N-methyl/N-ethyl adjacent to an activating group) is 1. The van der Waals surface area contributed by atoms with Crippen LogP contribution in [0.25, 0.3) is 11.0 Å². The fourth-order valence-electron chi connectivity index (χ4n) is 2.47. The Morgan fingerprint density at radius 3 is 2.70 bits per heavy atom. The van der Waals surface area contributed by atoms with Crippen molar-refractivity contribution in [1.29, 1.82) is 0 Å². The van der Waals surface area contributed by atoms with Gasteiger partial charge in [-0.2, -0.15) is 0 Å². The first-order valence-corrected chi connectivity index (χ1v) is 7.59. The molecular formula is C15H23ClN4. The molecule has 0 aliphatic heterocycles. The highest BCUT2D eigenvalue weighted by Crippen LogP contribution is 2.21. The summed E-state index contributed by atoms with van der Waals surface area (Å²) in [6.45, 7) is 9.28. The molecule has 1 heterocycles. The van der Waals surface area contributed by atoms with Crippen LogP contribution in [-0.2, 0) is 13.1 Å². The predicted octanol–water partition coefficient (Wildman–Crippen LogP) is 2.75. The van der Waals surface area contributed by atoms with Crippen LogP contribution in [0.2, 0.25) is 5.02 Å². The maximum atomic E-state index is 6.13. The van der Waals surface area contributed by atoms with Crippen LogP contribution in [0.15, 0.2) is 18.2 Å². The Balaban J connectivity index is 2.32. The lowest BCUT2D eigenvalue weighted by molar-refractivity contribution is 0.290. The lowest BCUT2D eigenvalue weighted by Crippen LogP contribution is -2.27. The van der Waals surface area contributed by atoms with Gasteiger partial charge in [-0.05, 0) is 38.3 Å². The number of benzene rings is 1.